The van der Waals surface area contributed by atoms with E-state index in [4.69, 9.17) is 4.74 Å². The van der Waals surface area contributed by atoms with Crippen LogP contribution >= 0.6 is 15.9 Å². The molecule has 2 rings (SSSR count). The summed E-state index contributed by atoms with van der Waals surface area (Å²) < 4.78 is 33.6. The van der Waals surface area contributed by atoms with Crippen molar-refractivity contribution < 1.29 is 13.2 Å². The van der Waals surface area contributed by atoms with Crippen molar-refractivity contribution in [2.45, 2.75) is 24.3 Å². The van der Waals surface area contributed by atoms with Gasteiger partial charge in [0.25, 0.3) is 0 Å². The maximum absolute atomic E-state index is 12.5. The summed E-state index contributed by atoms with van der Waals surface area (Å²) in [6.45, 7) is 3.15. The Kier molecular flexibility index (Phi) is 5.00. The van der Waals surface area contributed by atoms with Crippen molar-refractivity contribution >= 4 is 31.8 Å². The first-order valence-electron chi connectivity index (χ1n) is 6.37. The van der Waals surface area contributed by atoms with Crippen LogP contribution in [0.5, 0.6) is 0 Å². The molecule has 0 aliphatic carbocycles. The Labute approximate surface area is 127 Å². The lowest BCUT2D eigenvalue weighted by Gasteiger charge is -2.20. The van der Waals surface area contributed by atoms with Crippen LogP contribution in [-0.2, 0) is 14.8 Å². The van der Waals surface area contributed by atoms with Crippen molar-refractivity contribution in [1.82, 2.24) is 9.71 Å². The summed E-state index contributed by atoms with van der Waals surface area (Å²) in [6.07, 6.45) is 2.43. The van der Waals surface area contributed by atoms with Gasteiger partial charge in [-0.25, -0.2) is 18.1 Å². The van der Waals surface area contributed by atoms with Crippen molar-refractivity contribution in [1.29, 1.82) is 0 Å². The first kappa shape index (κ1) is 15.7. The summed E-state index contributed by atoms with van der Waals surface area (Å²) in [5.41, 5.74) is 0. The molecule has 1 fully saturated rings. The number of hydrogen-bond donors (Lipinski definition) is 2. The Morgan fingerprint density at radius 3 is 2.90 bits per heavy atom. The average molecular weight is 364 g/mol. The number of hydrogen-bond acceptors (Lipinski definition) is 5. The Balaban J connectivity index is 2.23. The van der Waals surface area contributed by atoms with Crippen molar-refractivity contribution in [3.05, 3.63) is 16.7 Å². The molecule has 0 aromatic carbocycles. The zero-order valence-corrected chi connectivity index (χ0v) is 13.8. The lowest BCUT2D eigenvalue weighted by molar-refractivity contribution is 0.180. The van der Waals surface area contributed by atoms with E-state index < -0.39 is 10.0 Å². The van der Waals surface area contributed by atoms with Crippen molar-refractivity contribution in [2.75, 3.05) is 25.6 Å². The molecule has 6 nitrogen and oxygen atoms in total. The monoisotopic (exact) mass is 363 g/mol. The Bertz CT molecular complexity index is 573. The second-order valence-corrected chi connectivity index (χ2v) is 7.38. The molecule has 0 radical (unpaired) electrons. The van der Waals surface area contributed by atoms with E-state index in [-0.39, 0.29) is 16.9 Å². The van der Waals surface area contributed by atoms with Gasteiger partial charge in [0.15, 0.2) is 0 Å². The maximum atomic E-state index is 12.5. The predicted octanol–water partition coefficient (Wildman–Crippen LogP) is 1.59. The summed E-state index contributed by atoms with van der Waals surface area (Å²) >= 11 is 3.25. The minimum absolute atomic E-state index is 0.139. The van der Waals surface area contributed by atoms with Gasteiger partial charge in [-0.2, -0.15) is 0 Å². The molecule has 1 aliphatic heterocycles. The number of nitrogens with zero attached hydrogens (tertiary/aromatic N) is 1. The molecule has 2 atom stereocenters. The SMILES string of the molecule is CNc1ncc(Br)cc1S(=O)(=O)NC(C)C1CCOC1. The first-order valence-corrected chi connectivity index (χ1v) is 8.65. The minimum Gasteiger partial charge on any atom is -0.381 e. The van der Waals surface area contributed by atoms with E-state index in [1.54, 1.807) is 19.3 Å². The zero-order chi connectivity index (χ0) is 14.8. The molecule has 1 aromatic rings. The fourth-order valence-electron chi connectivity index (χ4n) is 2.16. The van der Waals surface area contributed by atoms with Crippen LogP contribution < -0.4 is 10.0 Å². The van der Waals surface area contributed by atoms with E-state index in [1.165, 1.54) is 0 Å². The highest BCUT2D eigenvalue weighted by Gasteiger charge is 2.28. The smallest absolute Gasteiger partial charge is 0.244 e. The van der Waals surface area contributed by atoms with Crippen LogP contribution in [-0.4, -0.2) is 39.7 Å². The van der Waals surface area contributed by atoms with E-state index in [0.29, 0.717) is 23.5 Å². The van der Waals surface area contributed by atoms with Crippen LogP contribution in [0.2, 0.25) is 0 Å². The van der Waals surface area contributed by atoms with Crippen LogP contribution in [0.25, 0.3) is 0 Å². The summed E-state index contributed by atoms with van der Waals surface area (Å²) in [5.74, 6) is 0.540. The van der Waals surface area contributed by atoms with Crippen LogP contribution in [0, 0.1) is 5.92 Å². The molecule has 0 spiro atoms. The molecule has 2 unspecified atom stereocenters. The van der Waals surface area contributed by atoms with Crippen molar-refractivity contribution in [3.8, 4) is 0 Å². The van der Waals surface area contributed by atoms with Crippen molar-refractivity contribution in [2.24, 2.45) is 5.92 Å². The van der Waals surface area contributed by atoms with E-state index >= 15 is 0 Å². The number of pyridine rings is 1. The third-order valence-electron chi connectivity index (χ3n) is 3.36. The molecule has 1 aromatic heterocycles. The van der Waals surface area contributed by atoms with Gasteiger partial charge in [0.1, 0.15) is 10.7 Å². The summed E-state index contributed by atoms with van der Waals surface area (Å²) in [7, 11) is -1.98. The molecule has 0 saturated carbocycles. The lowest BCUT2D eigenvalue weighted by atomic mass is 10.0. The molecule has 0 bridgehead atoms. The van der Waals surface area contributed by atoms with Gasteiger partial charge in [0, 0.05) is 36.3 Å². The number of nitrogens with one attached hydrogen (secondary N) is 2. The fourth-order valence-corrected chi connectivity index (χ4v) is 4.15. The molecule has 0 amide bonds. The van der Waals surface area contributed by atoms with Crippen LogP contribution in [0.3, 0.4) is 0 Å². The van der Waals surface area contributed by atoms with Gasteiger partial charge in [0.2, 0.25) is 10.0 Å². The summed E-state index contributed by atoms with van der Waals surface area (Å²) in [5, 5.41) is 2.80. The Morgan fingerprint density at radius 2 is 2.30 bits per heavy atom. The number of ether oxygens (including phenoxy) is 1. The van der Waals surface area contributed by atoms with Crippen LogP contribution in [0.4, 0.5) is 5.82 Å². The first-order chi connectivity index (χ1) is 9.44. The maximum Gasteiger partial charge on any atom is 0.244 e. The number of rotatable bonds is 5. The highest BCUT2D eigenvalue weighted by atomic mass is 79.9. The number of aromatic nitrogens is 1. The minimum atomic E-state index is -3.62. The average Bonchev–Trinajstić information content (AvgIpc) is 2.92. The fraction of sp³-hybridized carbons (Fsp3) is 0.583. The second-order valence-electron chi connectivity index (χ2n) is 4.78. The predicted molar refractivity (Wildman–Crippen MR) is 80.2 cm³/mol. The van der Waals surface area contributed by atoms with Crippen molar-refractivity contribution in [3.63, 3.8) is 0 Å². The summed E-state index contributed by atoms with van der Waals surface area (Å²) in [4.78, 5) is 4.20. The standard InChI is InChI=1S/C12H18BrN3O3S/c1-8(9-3-4-19-7-9)16-20(17,18)11-5-10(13)6-15-12(11)14-2/h5-6,8-9,16H,3-4,7H2,1-2H3,(H,14,15). The van der Waals surface area contributed by atoms with Gasteiger partial charge in [-0.05, 0) is 35.3 Å². The van der Waals surface area contributed by atoms with Gasteiger partial charge in [-0.15, -0.1) is 0 Å². The molecule has 2 heterocycles. The molecular formula is C12H18BrN3O3S. The molecule has 8 heteroatoms. The third-order valence-corrected chi connectivity index (χ3v) is 5.36. The molecule has 1 saturated heterocycles. The van der Waals surface area contributed by atoms with E-state index in [9.17, 15) is 8.42 Å². The lowest BCUT2D eigenvalue weighted by Crippen LogP contribution is -2.38. The van der Waals surface area contributed by atoms with Gasteiger partial charge >= 0.3 is 0 Å². The second kappa shape index (κ2) is 6.38. The molecule has 112 valence electrons. The van der Waals surface area contributed by atoms with E-state index in [0.717, 1.165) is 6.42 Å². The van der Waals surface area contributed by atoms with Gasteiger partial charge in [-0.1, -0.05) is 0 Å². The van der Waals surface area contributed by atoms with Gasteiger partial charge < -0.3 is 10.1 Å². The highest BCUT2D eigenvalue weighted by Crippen LogP contribution is 2.24. The number of sulfonamides is 1. The Morgan fingerprint density at radius 1 is 1.55 bits per heavy atom. The molecule has 20 heavy (non-hydrogen) atoms. The highest BCUT2D eigenvalue weighted by molar-refractivity contribution is 9.10. The van der Waals surface area contributed by atoms with Crippen LogP contribution in [0.15, 0.2) is 21.6 Å². The molecule has 1 aliphatic rings. The van der Waals surface area contributed by atoms with E-state index in [1.807, 2.05) is 6.92 Å². The third kappa shape index (κ3) is 3.49. The normalized spacial score (nSPS) is 20.9. The van der Waals surface area contributed by atoms with Gasteiger partial charge in [0.05, 0.1) is 6.61 Å². The molecule has 2 N–H and O–H groups in total. The Hall–Kier alpha value is -0.700. The van der Waals surface area contributed by atoms with E-state index in [2.05, 4.69) is 31.0 Å². The quantitative estimate of drug-likeness (QED) is 0.830. The number of anilines is 1. The largest absolute Gasteiger partial charge is 0.381 e. The topological polar surface area (TPSA) is 80.3 Å². The zero-order valence-electron chi connectivity index (χ0n) is 11.4. The molecular weight excluding hydrogens is 346 g/mol. The van der Waals surface area contributed by atoms with Crippen LogP contribution in [0.1, 0.15) is 13.3 Å². The summed E-state index contributed by atoms with van der Waals surface area (Å²) in [6, 6.07) is 1.37. The van der Waals surface area contributed by atoms with Gasteiger partial charge in [-0.3, -0.25) is 0 Å². The number of halogens is 1.